The highest BCUT2D eigenvalue weighted by molar-refractivity contribution is 5.97. The van der Waals surface area contributed by atoms with Gasteiger partial charge in [0.15, 0.2) is 5.78 Å². The molecule has 162 valence electrons. The molecule has 0 radical (unpaired) electrons. The molecule has 0 spiro atoms. The third-order valence-corrected chi connectivity index (χ3v) is 5.63. The summed E-state index contributed by atoms with van der Waals surface area (Å²) in [5, 5.41) is 13.1. The van der Waals surface area contributed by atoms with Gasteiger partial charge in [-0.25, -0.2) is 4.39 Å². The van der Waals surface area contributed by atoms with E-state index >= 15 is 0 Å². The Bertz CT molecular complexity index is 1290. The Morgan fingerprint density at radius 2 is 1.88 bits per heavy atom. The summed E-state index contributed by atoms with van der Waals surface area (Å²) in [6, 6.07) is 17.8. The summed E-state index contributed by atoms with van der Waals surface area (Å²) in [6.45, 7) is 5.81. The summed E-state index contributed by atoms with van der Waals surface area (Å²) in [6.07, 6.45) is 2.85. The minimum Gasteiger partial charge on any atom is -0.384 e. The zero-order valence-electron chi connectivity index (χ0n) is 18.5. The largest absolute Gasteiger partial charge is 0.384 e. The normalized spacial score (nSPS) is 12.3. The number of aromatic nitrogens is 1. The summed E-state index contributed by atoms with van der Waals surface area (Å²) in [5.74, 6) is -0.179. The molecule has 4 aromatic rings. The monoisotopic (exact) mass is 427 g/mol. The fraction of sp³-hybridized carbons (Fsp3) is 0.214. The quantitative estimate of drug-likeness (QED) is 0.350. The molecule has 0 aliphatic heterocycles. The number of pyridine rings is 1. The Kier molecular flexibility index (Phi) is 6.15. The van der Waals surface area contributed by atoms with Gasteiger partial charge in [-0.05, 0) is 70.8 Å². The van der Waals surface area contributed by atoms with Crippen LogP contribution in [-0.4, -0.2) is 15.9 Å². The van der Waals surface area contributed by atoms with E-state index in [1.807, 2.05) is 51.1 Å². The van der Waals surface area contributed by atoms with Crippen LogP contribution in [0.2, 0.25) is 0 Å². The Balaban J connectivity index is 1.87. The number of carbonyl (C=O) groups is 1. The zero-order chi connectivity index (χ0) is 22.8. The molecule has 1 aromatic heterocycles. The van der Waals surface area contributed by atoms with Crippen LogP contribution in [0.15, 0.2) is 73.1 Å². The lowest BCUT2D eigenvalue weighted by Crippen LogP contribution is -2.07. The standard InChI is InChI=1S/C28H26FNO2/c1-17(2)11-27(31)21-13-20(24-8-7-18(3)12-26(24)29)14-22(15-21)28(32)25-6-4-5-19-16-30-10-9-23(19)25/h4-10,12-17,28,32H,11H2,1-3H3. The Morgan fingerprint density at radius 1 is 1.06 bits per heavy atom. The second kappa shape index (κ2) is 9.01. The van der Waals surface area contributed by atoms with Crippen LogP contribution >= 0.6 is 0 Å². The fourth-order valence-corrected chi connectivity index (χ4v) is 4.03. The van der Waals surface area contributed by atoms with E-state index in [2.05, 4.69) is 4.98 Å². The summed E-state index contributed by atoms with van der Waals surface area (Å²) < 4.78 is 14.8. The smallest absolute Gasteiger partial charge is 0.163 e. The number of nitrogens with zero attached hydrogens (tertiary/aromatic N) is 1. The third kappa shape index (κ3) is 4.46. The summed E-state index contributed by atoms with van der Waals surface area (Å²) >= 11 is 0. The Labute approximate surface area is 187 Å². The lowest BCUT2D eigenvalue weighted by Gasteiger charge is -2.17. The molecule has 1 unspecified atom stereocenters. The molecule has 0 saturated heterocycles. The minimum absolute atomic E-state index is 0.0232. The summed E-state index contributed by atoms with van der Waals surface area (Å²) in [7, 11) is 0. The van der Waals surface area contributed by atoms with Crippen molar-refractivity contribution in [3.8, 4) is 11.1 Å². The molecule has 1 N–H and O–H groups in total. The van der Waals surface area contributed by atoms with Gasteiger partial charge < -0.3 is 5.11 Å². The Hall–Kier alpha value is -3.37. The van der Waals surface area contributed by atoms with E-state index in [0.29, 0.717) is 34.2 Å². The number of fused-ring (bicyclic) bond motifs is 1. The van der Waals surface area contributed by atoms with Crippen molar-refractivity contribution in [2.45, 2.75) is 33.3 Å². The number of ketones is 1. The van der Waals surface area contributed by atoms with Crippen molar-refractivity contribution in [1.82, 2.24) is 4.98 Å². The lowest BCUT2D eigenvalue weighted by molar-refractivity contribution is 0.0967. The molecule has 1 atom stereocenters. The molecule has 0 fully saturated rings. The van der Waals surface area contributed by atoms with Gasteiger partial charge in [-0.3, -0.25) is 9.78 Å². The van der Waals surface area contributed by atoms with Gasteiger partial charge in [0.25, 0.3) is 0 Å². The maximum Gasteiger partial charge on any atom is 0.163 e. The van der Waals surface area contributed by atoms with Crippen LogP contribution in [-0.2, 0) is 0 Å². The van der Waals surface area contributed by atoms with Gasteiger partial charge in [-0.15, -0.1) is 0 Å². The van der Waals surface area contributed by atoms with Gasteiger partial charge in [0.2, 0.25) is 0 Å². The number of rotatable bonds is 6. The molecule has 4 heteroatoms. The number of Topliss-reactive ketones (excluding diaryl/α,β-unsaturated/α-hetero) is 1. The van der Waals surface area contributed by atoms with Gasteiger partial charge in [-0.2, -0.15) is 0 Å². The topological polar surface area (TPSA) is 50.2 Å². The van der Waals surface area contributed by atoms with Crippen molar-refractivity contribution in [3.05, 3.63) is 101 Å². The van der Waals surface area contributed by atoms with E-state index in [1.165, 1.54) is 6.07 Å². The molecule has 0 bridgehead atoms. The van der Waals surface area contributed by atoms with Crippen LogP contribution in [0.5, 0.6) is 0 Å². The highest BCUT2D eigenvalue weighted by Gasteiger charge is 2.19. The SMILES string of the molecule is Cc1ccc(-c2cc(C(=O)CC(C)C)cc(C(O)c3cccc4cnccc34)c2)c(F)c1. The summed E-state index contributed by atoms with van der Waals surface area (Å²) in [5.41, 5.74) is 3.56. The average Bonchev–Trinajstić information content (AvgIpc) is 2.77. The number of aryl methyl sites for hydroxylation is 1. The molecule has 0 amide bonds. The van der Waals surface area contributed by atoms with Crippen molar-refractivity contribution in [3.63, 3.8) is 0 Å². The third-order valence-electron chi connectivity index (χ3n) is 5.63. The van der Waals surface area contributed by atoms with E-state index in [4.69, 9.17) is 0 Å². The lowest BCUT2D eigenvalue weighted by atomic mass is 9.90. The number of benzene rings is 3. The van der Waals surface area contributed by atoms with Crippen LogP contribution in [0.3, 0.4) is 0 Å². The van der Waals surface area contributed by atoms with Crippen LogP contribution < -0.4 is 0 Å². The Morgan fingerprint density at radius 3 is 2.62 bits per heavy atom. The molecule has 1 heterocycles. The van der Waals surface area contributed by atoms with Crippen molar-refractivity contribution in [1.29, 1.82) is 0 Å². The van der Waals surface area contributed by atoms with Crippen molar-refractivity contribution < 1.29 is 14.3 Å². The molecule has 3 nitrogen and oxygen atoms in total. The van der Waals surface area contributed by atoms with E-state index in [-0.39, 0.29) is 17.5 Å². The molecule has 32 heavy (non-hydrogen) atoms. The molecular formula is C28H26FNO2. The first kappa shape index (κ1) is 21.8. The fourth-order valence-electron chi connectivity index (χ4n) is 4.03. The number of hydrogen-bond donors (Lipinski definition) is 1. The first-order valence-electron chi connectivity index (χ1n) is 10.8. The average molecular weight is 428 g/mol. The number of aliphatic hydroxyl groups is 1. The molecule has 4 rings (SSSR count). The molecule has 3 aromatic carbocycles. The van der Waals surface area contributed by atoms with E-state index < -0.39 is 6.10 Å². The maximum absolute atomic E-state index is 14.8. The van der Waals surface area contributed by atoms with Crippen molar-refractivity contribution in [2.24, 2.45) is 5.92 Å². The van der Waals surface area contributed by atoms with Gasteiger partial charge in [0.1, 0.15) is 11.9 Å². The molecule has 0 aliphatic rings. The van der Waals surface area contributed by atoms with Crippen LogP contribution in [0.25, 0.3) is 21.9 Å². The van der Waals surface area contributed by atoms with Crippen molar-refractivity contribution in [2.75, 3.05) is 0 Å². The highest BCUT2D eigenvalue weighted by Crippen LogP contribution is 2.33. The number of halogens is 1. The molecular weight excluding hydrogens is 401 g/mol. The van der Waals surface area contributed by atoms with Crippen molar-refractivity contribution >= 4 is 16.6 Å². The van der Waals surface area contributed by atoms with E-state index in [1.54, 1.807) is 36.7 Å². The molecule has 0 saturated carbocycles. The number of hydrogen-bond acceptors (Lipinski definition) is 3. The second-order valence-corrected chi connectivity index (χ2v) is 8.69. The van der Waals surface area contributed by atoms with Crippen LogP contribution in [0.4, 0.5) is 4.39 Å². The molecule has 0 aliphatic carbocycles. The van der Waals surface area contributed by atoms with Gasteiger partial charge in [-0.1, -0.05) is 44.2 Å². The highest BCUT2D eigenvalue weighted by atomic mass is 19.1. The van der Waals surface area contributed by atoms with Crippen LogP contribution in [0.1, 0.15) is 53.4 Å². The number of carbonyl (C=O) groups excluding carboxylic acids is 1. The van der Waals surface area contributed by atoms with Gasteiger partial charge >= 0.3 is 0 Å². The zero-order valence-corrected chi connectivity index (χ0v) is 18.5. The van der Waals surface area contributed by atoms with E-state index in [0.717, 1.165) is 16.3 Å². The maximum atomic E-state index is 14.8. The second-order valence-electron chi connectivity index (χ2n) is 8.69. The van der Waals surface area contributed by atoms with Crippen LogP contribution in [0, 0.1) is 18.7 Å². The predicted molar refractivity (Wildman–Crippen MR) is 126 cm³/mol. The van der Waals surface area contributed by atoms with Gasteiger partial charge in [0, 0.05) is 35.3 Å². The first-order valence-corrected chi connectivity index (χ1v) is 10.8. The van der Waals surface area contributed by atoms with Gasteiger partial charge in [0.05, 0.1) is 0 Å². The summed E-state index contributed by atoms with van der Waals surface area (Å²) in [4.78, 5) is 17.1. The predicted octanol–water partition coefficient (Wildman–Crippen LogP) is 6.66. The first-order chi connectivity index (χ1) is 15.3. The minimum atomic E-state index is -0.972. The number of aliphatic hydroxyl groups excluding tert-OH is 1. The van der Waals surface area contributed by atoms with E-state index in [9.17, 15) is 14.3 Å².